The molecular weight excluding hydrogens is 282 g/mol. The Morgan fingerprint density at radius 1 is 1.41 bits per heavy atom. The molecule has 1 heterocycles. The van der Waals surface area contributed by atoms with Gasteiger partial charge in [0.25, 0.3) is 0 Å². The number of amides is 2. The van der Waals surface area contributed by atoms with Crippen LogP contribution < -0.4 is 15.4 Å². The second-order valence-electron chi connectivity index (χ2n) is 5.23. The van der Waals surface area contributed by atoms with Gasteiger partial charge in [0.1, 0.15) is 5.75 Å². The Kier molecular flexibility index (Phi) is 5.77. The number of hydrogen-bond donors (Lipinski definition) is 2. The molecule has 22 heavy (non-hydrogen) atoms. The maximum absolute atomic E-state index is 12.0. The zero-order valence-electron chi connectivity index (χ0n) is 13.1. The quantitative estimate of drug-likeness (QED) is 0.804. The smallest absolute Gasteiger partial charge is 0.237 e. The van der Waals surface area contributed by atoms with E-state index >= 15 is 0 Å². The summed E-state index contributed by atoms with van der Waals surface area (Å²) in [5.41, 5.74) is 1.10. The van der Waals surface area contributed by atoms with E-state index in [2.05, 4.69) is 10.6 Å². The van der Waals surface area contributed by atoms with E-state index < -0.39 is 6.04 Å². The van der Waals surface area contributed by atoms with Crippen molar-refractivity contribution >= 4 is 11.8 Å². The van der Waals surface area contributed by atoms with Crippen LogP contribution in [0.1, 0.15) is 18.9 Å². The second-order valence-corrected chi connectivity index (χ2v) is 5.23. The Morgan fingerprint density at radius 3 is 2.77 bits per heavy atom. The molecule has 0 aromatic heterocycles. The van der Waals surface area contributed by atoms with Crippen molar-refractivity contribution in [3.8, 4) is 5.75 Å². The summed E-state index contributed by atoms with van der Waals surface area (Å²) in [5, 5.41) is 5.40. The number of carbonyl (C=O) groups is 2. The minimum atomic E-state index is -0.416. The standard InChI is InChI=1S/C16H23N3O3/c1-3-22-13-6-4-12(5-7-13)11-19-9-8-18-16(21)14(19)10-15(20)17-2/h4-7,14H,3,8-11H2,1-2H3,(H,17,20)(H,18,21)/t14-/m1/s1. The van der Waals surface area contributed by atoms with Gasteiger partial charge < -0.3 is 15.4 Å². The van der Waals surface area contributed by atoms with Crippen LogP contribution in [-0.2, 0) is 16.1 Å². The van der Waals surface area contributed by atoms with E-state index in [-0.39, 0.29) is 18.2 Å². The molecule has 1 aromatic rings. The van der Waals surface area contributed by atoms with Crippen molar-refractivity contribution in [1.29, 1.82) is 0 Å². The molecule has 1 aromatic carbocycles. The fourth-order valence-corrected chi connectivity index (χ4v) is 2.54. The fraction of sp³-hybridized carbons (Fsp3) is 0.500. The summed E-state index contributed by atoms with van der Waals surface area (Å²) in [7, 11) is 1.58. The van der Waals surface area contributed by atoms with Gasteiger partial charge in [-0.15, -0.1) is 0 Å². The number of carbonyl (C=O) groups excluding carboxylic acids is 2. The lowest BCUT2D eigenvalue weighted by molar-refractivity contribution is -0.134. The molecule has 1 aliphatic rings. The van der Waals surface area contributed by atoms with Gasteiger partial charge in [-0.3, -0.25) is 14.5 Å². The first-order chi connectivity index (χ1) is 10.6. The van der Waals surface area contributed by atoms with E-state index in [1.165, 1.54) is 0 Å². The van der Waals surface area contributed by atoms with Crippen LogP contribution in [0.3, 0.4) is 0 Å². The van der Waals surface area contributed by atoms with Crippen LogP contribution in [0, 0.1) is 0 Å². The first kappa shape index (κ1) is 16.3. The zero-order valence-corrected chi connectivity index (χ0v) is 13.1. The number of ether oxygens (including phenoxy) is 1. The van der Waals surface area contributed by atoms with Gasteiger partial charge in [-0.1, -0.05) is 12.1 Å². The number of nitrogens with one attached hydrogen (secondary N) is 2. The van der Waals surface area contributed by atoms with Crippen LogP contribution in [0.15, 0.2) is 24.3 Å². The van der Waals surface area contributed by atoms with E-state index in [4.69, 9.17) is 4.74 Å². The highest BCUT2D eigenvalue weighted by molar-refractivity contribution is 5.88. The van der Waals surface area contributed by atoms with Crippen LogP contribution in [0.4, 0.5) is 0 Å². The van der Waals surface area contributed by atoms with Crippen LogP contribution in [-0.4, -0.2) is 49.5 Å². The molecule has 2 N–H and O–H groups in total. The Morgan fingerprint density at radius 2 is 2.14 bits per heavy atom. The third kappa shape index (κ3) is 4.21. The second kappa shape index (κ2) is 7.79. The predicted molar refractivity (Wildman–Crippen MR) is 83.5 cm³/mol. The molecule has 2 amide bonds. The Hall–Kier alpha value is -2.08. The maximum Gasteiger partial charge on any atom is 0.237 e. The largest absolute Gasteiger partial charge is 0.494 e. The Bertz CT molecular complexity index is 516. The zero-order chi connectivity index (χ0) is 15.9. The van der Waals surface area contributed by atoms with E-state index in [1.54, 1.807) is 7.05 Å². The van der Waals surface area contributed by atoms with Crippen molar-refractivity contribution in [1.82, 2.24) is 15.5 Å². The van der Waals surface area contributed by atoms with Gasteiger partial charge >= 0.3 is 0 Å². The van der Waals surface area contributed by atoms with Gasteiger partial charge in [0.05, 0.1) is 19.1 Å². The van der Waals surface area contributed by atoms with Crippen molar-refractivity contribution < 1.29 is 14.3 Å². The summed E-state index contributed by atoms with van der Waals surface area (Å²) in [4.78, 5) is 25.7. The Labute approximate surface area is 130 Å². The third-order valence-corrected chi connectivity index (χ3v) is 3.72. The highest BCUT2D eigenvalue weighted by Gasteiger charge is 2.31. The summed E-state index contributed by atoms with van der Waals surface area (Å²) >= 11 is 0. The number of rotatable bonds is 6. The number of hydrogen-bond acceptors (Lipinski definition) is 4. The van der Waals surface area contributed by atoms with E-state index in [0.29, 0.717) is 19.7 Å². The first-order valence-electron chi connectivity index (χ1n) is 7.58. The molecule has 1 atom stereocenters. The molecule has 0 aliphatic carbocycles. The van der Waals surface area contributed by atoms with Crippen molar-refractivity contribution in [2.24, 2.45) is 0 Å². The average Bonchev–Trinajstić information content (AvgIpc) is 2.52. The normalized spacial score (nSPS) is 18.6. The van der Waals surface area contributed by atoms with Gasteiger partial charge in [-0.05, 0) is 24.6 Å². The molecular formula is C16H23N3O3. The van der Waals surface area contributed by atoms with Crippen molar-refractivity contribution in [2.75, 3.05) is 26.7 Å². The highest BCUT2D eigenvalue weighted by atomic mass is 16.5. The molecule has 6 heteroatoms. The monoisotopic (exact) mass is 305 g/mol. The molecule has 0 saturated carbocycles. The van der Waals surface area contributed by atoms with Gasteiger partial charge in [-0.25, -0.2) is 0 Å². The van der Waals surface area contributed by atoms with E-state index in [9.17, 15) is 9.59 Å². The summed E-state index contributed by atoms with van der Waals surface area (Å²) in [6.45, 7) is 4.58. The molecule has 0 radical (unpaired) electrons. The van der Waals surface area contributed by atoms with Crippen molar-refractivity contribution in [2.45, 2.75) is 25.9 Å². The number of benzene rings is 1. The summed E-state index contributed by atoms with van der Waals surface area (Å²) in [6, 6.07) is 7.43. The highest BCUT2D eigenvalue weighted by Crippen LogP contribution is 2.17. The SMILES string of the molecule is CCOc1ccc(CN2CCNC(=O)[C@H]2CC(=O)NC)cc1. The Balaban J connectivity index is 2.04. The topological polar surface area (TPSA) is 70.7 Å². The number of nitrogens with zero attached hydrogens (tertiary/aromatic N) is 1. The molecule has 0 unspecified atom stereocenters. The van der Waals surface area contributed by atoms with Crippen molar-refractivity contribution in [3.05, 3.63) is 29.8 Å². The molecule has 1 saturated heterocycles. The van der Waals surface area contributed by atoms with Crippen LogP contribution >= 0.6 is 0 Å². The fourth-order valence-electron chi connectivity index (χ4n) is 2.54. The minimum absolute atomic E-state index is 0.0826. The molecule has 2 rings (SSSR count). The molecule has 0 spiro atoms. The van der Waals surface area contributed by atoms with Gasteiger partial charge in [0.2, 0.25) is 11.8 Å². The lowest BCUT2D eigenvalue weighted by atomic mass is 10.1. The van der Waals surface area contributed by atoms with Crippen LogP contribution in [0.5, 0.6) is 5.75 Å². The predicted octanol–water partition coefficient (Wildman–Crippen LogP) is 0.522. The average molecular weight is 305 g/mol. The lowest BCUT2D eigenvalue weighted by Crippen LogP contribution is -2.55. The van der Waals surface area contributed by atoms with Crippen LogP contribution in [0.25, 0.3) is 0 Å². The van der Waals surface area contributed by atoms with Crippen LogP contribution in [0.2, 0.25) is 0 Å². The van der Waals surface area contributed by atoms with E-state index in [0.717, 1.165) is 17.9 Å². The van der Waals surface area contributed by atoms with Gasteiger partial charge in [0.15, 0.2) is 0 Å². The van der Waals surface area contributed by atoms with Crippen molar-refractivity contribution in [3.63, 3.8) is 0 Å². The summed E-state index contributed by atoms with van der Waals surface area (Å²) in [6.07, 6.45) is 0.180. The molecule has 1 fully saturated rings. The van der Waals surface area contributed by atoms with Gasteiger partial charge in [0, 0.05) is 26.7 Å². The molecule has 6 nitrogen and oxygen atoms in total. The summed E-state index contributed by atoms with van der Waals surface area (Å²) < 4.78 is 5.43. The summed E-state index contributed by atoms with van der Waals surface area (Å²) in [5.74, 6) is 0.629. The van der Waals surface area contributed by atoms with E-state index in [1.807, 2.05) is 36.1 Å². The minimum Gasteiger partial charge on any atom is -0.494 e. The lowest BCUT2D eigenvalue weighted by Gasteiger charge is -2.34. The number of piperazine rings is 1. The molecule has 0 bridgehead atoms. The molecule has 120 valence electrons. The first-order valence-corrected chi connectivity index (χ1v) is 7.58. The maximum atomic E-state index is 12.0. The van der Waals surface area contributed by atoms with Gasteiger partial charge in [-0.2, -0.15) is 0 Å². The third-order valence-electron chi connectivity index (χ3n) is 3.72. The molecule has 1 aliphatic heterocycles.